The zero-order valence-corrected chi connectivity index (χ0v) is 21.8. The van der Waals surface area contributed by atoms with Crippen LogP contribution in [-0.2, 0) is 29.2 Å². The van der Waals surface area contributed by atoms with Crippen LogP contribution in [0.15, 0.2) is 42.6 Å². The largest absolute Gasteiger partial charge is 0.419 e. The fourth-order valence-electron chi connectivity index (χ4n) is 5.56. The zero-order valence-electron chi connectivity index (χ0n) is 21.8. The minimum absolute atomic E-state index is 0.0560. The van der Waals surface area contributed by atoms with E-state index >= 15 is 0 Å². The summed E-state index contributed by atoms with van der Waals surface area (Å²) in [6, 6.07) is 11.6. The first-order valence-electron chi connectivity index (χ1n) is 13.0. The van der Waals surface area contributed by atoms with E-state index in [1.54, 1.807) is 0 Å². The molecule has 38 heavy (non-hydrogen) atoms. The molecule has 1 saturated heterocycles. The first kappa shape index (κ1) is 26.2. The Morgan fingerprint density at radius 3 is 2.58 bits per heavy atom. The van der Waals surface area contributed by atoms with Crippen LogP contribution in [0.1, 0.15) is 66.1 Å². The number of piperidine rings is 1. The van der Waals surface area contributed by atoms with Crippen LogP contribution < -0.4 is 16.0 Å². The topological polar surface area (TPSA) is 78.9 Å². The molecule has 1 aromatic heterocycles. The normalized spacial score (nSPS) is 17.3. The predicted octanol–water partition coefficient (Wildman–Crippen LogP) is 6.03. The van der Waals surface area contributed by atoms with Crippen molar-refractivity contribution >= 4 is 23.2 Å². The molecule has 9 heteroatoms. The van der Waals surface area contributed by atoms with Crippen LogP contribution >= 0.6 is 0 Å². The van der Waals surface area contributed by atoms with E-state index in [0.717, 1.165) is 54.5 Å². The van der Waals surface area contributed by atoms with Gasteiger partial charge in [-0.25, -0.2) is 9.97 Å². The zero-order chi connectivity index (χ0) is 27.1. The summed E-state index contributed by atoms with van der Waals surface area (Å²) in [5.41, 5.74) is 3.72. The van der Waals surface area contributed by atoms with Gasteiger partial charge in [-0.05, 0) is 99.8 Å². The average molecular weight is 524 g/mol. The van der Waals surface area contributed by atoms with E-state index in [0.29, 0.717) is 18.0 Å². The van der Waals surface area contributed by atoms with Crippen molar-refractivity contribution in [3.05, 3.63) is 76.1 Å². The van der Waals surface area contributed by atoms with Crippen LogP contribution in [0.3, 0.4) is 0 Å². The van der Waals surface area contributed by atoms with Crippen LogP contribution in [0.2, 0.25) is 0 Å². The monoisotopic (exact) mass is 523 g/mol. The minimum atomic E-state index is -4.57. The molecule has 2 aromatic carbocycles. The Labute approximate surface area is 220 Å². The Bertz CT molecular complexity index is 1360. The highest BCUT2D eigenvalue weighted by atomic mass is 19.4. The van der Waals surface area contributed by atoms with E-state index in [1.165, 1.54) is 5.56 Å². The van der Waals surface area contributed by atoms with E-state index in [-0.39, 0.29) is 24.0 Å². The highest BCUT2D eigenvalue weighted by molar-refractivity contribution is 6.06. The van der Waals surface area contributed by atoms with E-state index < -0.39 is 17.2 Å². The molecule has 5 rings (SSSR count). The Hall–Kier alpha value is -3.46. The summed E-state index contributed by atoms with van der Waals surface area (Å²) in [6.07, 6.45) is -1.18. The summed E-state index contributed by atoms with van der Waals surface area (Å²) in [4.78, 5) is 20.7. The van der Waals surface area contributed by atoms with Crippen molar-refractivity contribution in [1.29, 1.82) is 0 Å². The third kappa shape index (κ3) is 5.12. The number of halogens is 3. The molecule has 0 saturated carbocycles. The number of aryl methyl sites for hydroxylation is 3. The number of hydrogen-bond acceptors (Lipinski definition) is 5. The fourth-order valence-corrected chi connectivity index (χ4v) is 5.56. The summed E-state index contributed by atoms with van der Waals surface area (Å²) >= 11 is 0. The Balaban J connectivity index is 1.39. The molecule has 0 aliphatic carbocycles. The van der Waals surface area contributed by atoms with Gasteiger partial charge in [0.1, 0.15) is 0 Å². The number of hydrogen-bond donors (Lipinski definition) is 3. The maximum absolute atomic E-state index is 13.9. The van der Waals surface area contributed by atoms with Crippen LogP contribution in [0.25, 0.3) is 0 Å². The Morgan fingerprint density at radius 2 is 1.87 bits per heavy atom. The van der Waals surface area contributed by atoms with Gasteiger partial charge in [-0.3, -0.25) is 4.79 Å². The van der Waals surface area contributed by atoms with Crippen molar-refractivity contribution in [2.75, 3.05) is 23.7 Å². The molecular formula is C29H32F3N5O. The van der Waals surface area contributed by atoms with Crippen LogP contribution in [0.5, 0.6) is 0 Å². The van der Waals surface area contributed by atoms with Crippen molar-refractivity contribution < 1.29 is 18.0 Å². The van der Waals surface area contributed by atoms with Gasteiger partial charge in [0, 0.05) is 17.6 Å². The lowest BCUT2D eigenvalue weighted by Gasteiger charge is -2.24. The summed E-state index contributed by atoms with van der Waals surface area (Å²) in [5, 5.41) is 9.37. The third-order valence-corrected chi connectivity index (χ3v) is 7.70. The van der Waals surface area contributed by atoms with Crippen LogP contribution in [-0.4, -0.2) is 29.0 Å². The van der Waals surface area contributed by atoms with Gasteiger partial charge in [0.15, 0.2) is 0 Å². The second-order valence-corrected chi connectivity index (χ2v) is 10.7. The summed E-state index contributed by atoms with van der Waals surface area (Å²) in [7, 11) is 0. The van der Waals surface area contributed by atoms with Gasteiger partial charge in [-0.15, -0.1) is 0 Å². The molecule has 3 aromatic rings. The number of carbonyl (C=O) groups excluding carboxylic acids is 1. The molecule has 200 valence electrons. The standard InChI is InChI=1S/C29H32F3N5O/c1-17-15-20(18-11-13-33-14-12-18)8-9-22(17)36-27-34-16-21(29(30,31)32)23(37-27)10-7-19-5-4-6-24-25(19)28(2,3)26(38)35-24/h4-6,8-9,15-16,18,33H,7,10-14H2,1-3H3,(H,35,38)(H,34,36,37). The number of amides is 1. The average Bonchev–Trinajstić information content (AvgIpc) is 3.12. The number of alkyl halides is 3. The van der Waals surface area contributed by atoms with Gasteiger partial charge < -0.3 is 16.0 Å². The van der Waals surface area contributed by atoms with Crippen LogP contribution in [0, 0.1) is 6.92 Å². The number of nitrogens with one attached hydrogen (secondary N) is 3. The fraction of sp³-hybridized carbons (Fsp3) is 0.414. The molecule has 0 bridgehead atoms. The number of aromatic nitrogens is 2. The molecule has 6 nitrogen and oxygen atoms in total. The molecule has 1 amide bonds. The van der Waals surface area contributed by atoms with E-state index in [2.05, 4.69) is 38.1 Å². The highest BCUT2D eigenvalue weighted by Gasteiger charge is 2.40. The quantitative estimate of drug-likeness (QED) is 0.368. The Morgan fingerprint density at radius 1 is 1.11 bits per heavy atom. The second kappa shape index (κ2) is 10.0. The van der Waals surface area contributed by atoms with Gasteiger partial charge >= 0.3 is 6.18 Å². The Kier molecular flexibility index (Phi) is 6.90. The first-order valence-corrected chi connectivity index (χ1v) is 13.0. The molecule has 1 fully saturated rings. The van der Waals surface area contributed by atoms with Crippen molar-refractivity contribution in [3.63, 3.8) is 0 Å². The molecular weight excluding hydrogens is 491 g/mol. The van der Waals surface area contributed by atoms with Crippen molar-refractivity contribution in [2.45, 2.75) is 64.0 Å². The predicted molar refractivity (Wildman–Crippen MR) is 142 cm³/mol. The highest BCUT2D eigenvalue weighted by Crippen LogP contribution is 2.40. The molecule has 3 N–H and O–H groups in total. The summed E-state index contributed by atoms with van der Waals surface area (Å²) in [6.45, 7) is 7.63. The van der Waals surface area contributed by atoms with Crippen molar-refractivity contribution in [3.8, 4) is 0 Å². The van der Waals surface area contributed by atoms with Gasteiger partial charge in [-0.1, -0.05) is 24.3 Å². The van der Waals surface area contributed by atoms with Crippen LogP contribution in [0.4, 0.5) is 30.5 Å². The van der Waals surface area contributed by atoms with Gasteiger partial charge in [0.2, 0.25) is 11.9 Å². The second-order valence-electron chi connectivity index (χ2n) is 10.7. The molecule has 0 atom stereocenters. The number of nitrogens with zero attached hydrogens (tertiary/aromatic N) is 2. The lowest BCUT2D eigenvalue weighted by atomic mass is 9.82. The molecule has 0 unspecified atom stereocenters. The first-order chi connectivity index (χ1) is 18.0. The summed E-state index contributed by atoms with van der Waals surface area (Å²) in [5.74, 6) is 0.514. The minimum Gasteiger partial charge on any atom is -0.325 e. The summed E-state index contributed by atoms with van der Waals surface area (Å²) < 4.78 is 41.6. The van der Waals surface area contributed by atoms with E-state index in [1.807, 2.05) is 45.0 Å². The number of carbonyl (C=O) groups is 1. The third-order valence-electron chi connectivity index (χ3n) is 7.70. The molecule has 2 aliphatic heterocycles. The number of fused-ring (bicyclic) bond motifs is 1. The number of benzene rings is 2. The van der Waals surface area contributed by atoms with Gasteiger partial charge in [0.05, 0.1) is 16.7 Å². The lowest BCUT2D eigenvalue weighted by Crippen LogP contribution is -2.27. The number of anilines is 3. The number of rotatable bonds is 6. The van der Waals surface area contributed by atoms with Crippen molar-refractivity contribution in [1.82, 2.24) is 15.3 Å². The SMILES string of the molecule is Cc1cc(C2CCNCC2)ccc1Nc1ncc(C(F)(F)F)c(CCc2cccc3c2C(C)(C)C(=O)N3)n1. The van der Waals surface area contributed by atoms with Gasteiger partial charge in [0.25, 0.3) is 0 Å². The lowest BCUT2D eigenvalue weighted by molar-refractivity contribution is -0.138. The molecule has 3 heterocycles. The molecule has 0 spiro atoms. The van der Waals surface area contributed by atoms with E-state index in [9.17, 15) is 18.0 Å². The maximum atomic E-state index is 13.9. The molecule has 2 aliphatic rings. The van der Waals surface area contributed by atoms with E-state index in [4.69, 9.17) is 0 Å². The van der Waals surface area contributed by atoms with Crippen molar-refractivity contribution in [2.24, 2.45) is 0 Å². The smallest absolute Gasteiger partial charge is 0.325 e. The maximum Gasteiger partial charge on any atom is 0.419 e. The molecule has 0 radical (unpaired) electrons. The van der Waals surface area contributed by atoms with Gasteiger partial charge in [-0.2, -0.15) is 13.2 Å².